The monoisotopic (exact) mass is 433 g/mol. The van der Waals surface area contributed by atoms with Crippen molar-refractivity contribution in [2.45, 2.75) is 12.8 Å². The van der Waals surface area contributed by atoms with E-state index in [4.69, 9.17) is 14.9 Å². The zero-order valence-electron chi connectivity index (χ0n) is 17.2. The Balaban J connectivity index is 0.000000366. The summed E-state index contributed by atoms with van der Waals surface area (Å²) in [6.45, 7) is 2.59. The molecule has 2 bridgehead atoms. The first-order chi connectivity index (χ1) is 14.8. The van der Waals surface area contributed by atoms with Crippen LogP contribution in [0.2, 0.25) is 0 Å². The fraction of sp³-hybridized carbons (Fsp3) is 0.429. The molecule has 0 spiro atoms. The van der Waals surface area contributed by atoms with Crippen LogP contribution in [0, 0.1) is 11.8 Å². The van der Waals surface area contributed by atoms with Crippen molar-refractivity contribution in [1.29, 1.82) is 0 Å². The number of methoxy groups -OCH3 is 1. The molecule has 0 aliphatic carbocycles. The maximum Gasteiger partial charge on any atom is 0.328 e. The van der Waals surface area contributed by atoms with Gasteiger partial charge in [-0.3, -0.25) is 9.69 Å². The average molecular weight is 433 g/mol. The molecule has 2 heterocycles. The number of imide groups is 1. The molecule has 0 aromatic heterocycles. The second-order valence-corrected chi connectivity index (χ2v) is 7.25. The summed E-state index contributed by atoms with van der Waals surface area (Å²) in [6, 6.07) is 7.50. The van der Waals surface area contributed by atoms with E-state index in [-0.39, 0.29) is 17.9 Å². The van der Waals surface area contributed by atoms with Crippen LogP contribution < -0.4 is 15.4 Å². The van der Waals surface area contributed by atoms with Crippen LogP contribution in [0.3, 0.4) is 0 Å². The Morgan fingerprint density at radius 1 is 1.23 bits per heavy atom. The number of hydrogen-bond donors (Lipinski definition) is 4. The number of ether oxygens (including phenoxy) is 1. The molecule has 1 aromatic rings. The first-order valence-corrected chi connectivity index (χ1v) is 9.87. The van der Waals surface area contributed by atoms with E-state index >= 15 is 0 Å². The third-order valence-electron chi connectivity index (χ3n) is 4.94. The molecule has 2 aliphatic rings. The van der Waals surface area contributed by atoms with Gasteiger partial charge in [-0.25, -0.2) is 14.4 Å². The summed E-state index contributed by atoms with van der Waals surface area (Å²) in [5, 5.41) is 21.7. The number of likely N-dealkylation sites (tertiary alicyclic amines) is 1. The molecule has 2 unspecified atom stereocenters. The van der Waals surface area contributed by atoms with Gasteiger partial charge in [0.25, 0.3) is 0 Å². The van der Waals surface area contributed by atoms with Crippen molar-refractivity contribution in [1.82, 2.24) is 15.5 Å². The number of piperidine rings is 2. The van der Waals surface area contributed by atoms with Gasteiger partial charge in [0.1, 0.15) is 5.75 Å². The number of hydrogen-bond acceptors (Lipinski definition) is 6. The first kappa shape index (κ1) is 23.9. The Labute approximate surface area is 179 Å². The Kier molecular flexibility index (Phi) is 9.01. The topological polar surface area (TPSA) is 145 Å². The Morgan fingerprint density at radius 2 is 1.94 bits per heavy atom. The van der Waals surface area contributed by atoms with Crippen molar-refractivity contribution in [2.75, 3.05) is 33.3 Å². The summed E-state index contributed by atoms with van der Waals surface area (Å²) in [5.74, 6) is -1.42. The number of nitrogens with one attached hydrogen (secondary N) is 2. The van der Waals surface area contributed by atoms with Gasteiger partial charge in [-0.1, -0.05) is 12.1 Å². The number of fused-ring (bicyclic) bond motifs is 2. The minimum absolute atomic E-state index is 0.0488. The van der Waals surface area contributed by atoms with Crippen LogP contribution in [-0.4, -0.2) is 72.3 Å². The highest BCUT2D eigenvalue weighted by atomic mass is 16.5. The number of rotatable bonds is 6. The second kappa shape index (κ2) is 11.7. The Hall–Kier alpha value is -3.40. The summed E-state index contributed by atoms with van der Waals surface area (Å²) in [4.78, 5) is 45.1. The molecule has 4 N–H and O–H groups in total. The Morgan fingerprint density at radius 3 is 2.58 bits per heavy atom. The predicted octanol–water partition coefficient (Wildman–Crippen LogP) is 0.727. The number of nitrogens with zero attached hydrogens (tertiary/aromatic N) is 1. The molecule has 0 radical (unpaired) electrons. The van der Waals surface area contributed by atoms with Gasteiger partial charge in [0, 0.05) is 31.8 Å². The van der Waals surface area contributed by atoms with Crippen LogP contribution in [0.1, 0.15) is 12.0 Å². The average Bonchev–Trinajstić information content (AvgIpc) is 2.75. The van der Waals surface area contributed by atoms with Gasteiger partial charge in [-0.05, 0) is 43.0 Å². The van der Waals surface area contributed by atoms with Gasteiger partial charge in [0.2, 0.25) is 5.91 Å². The number of benzene rings is 1. The molecule has 0 saturated carbocycles. The fourth-order valence-corrected chi connectivity index (χ4v) is 3.49. The molecule has 2 atom stereocenters. The van der Waals surface area contributed by atoms with Crippen molar-refractivity contribution in [3.63, 3.8) is 0 Å². The van der Waals surface area contributed by atoms with E-state index in [0.717, 1.165) is 24.3 Å². The molecule has 2 fully saturated rings. The van der Waals surface area contributed by atoms with Crippen molar-refractivity contribution >= 4 is 23.9 Å². The molecule has 10 nitrogen and oxygen atoms in total. The lowest BCUT2D eigenvalue weighted by molar-refractivity contribution is -0.137. The molecule has 10 heteroatoms. The van der Waals surface area contributed by atoms with Crippen molar-refractivity contribution in [3.05, 3.63) is 42.0 Å². The Bertz CT molecular complexity index is 824. The minimum atomic E-state index is -1.26. The quantitative estimate of drug-likeness (QED) is 0.481. The van der Waals surface area contributed by atoms with Gasteiger partial charge in [-0.2, -0.15) is 0 Å². The van der Waals surface area contributed by atoms with E-state index in [0.29, 0.717) is 44.1 Å². The van der Waals surface area contributed by atoms with Gasteiger partial charge >= 0.3 is 18.0 Å². The molecule has 168 valence electrons. The van der Waals surface area contributed by atoms with Crippen LogP contribution in [0.15, 0.2) is 36.4 Å². The standard InChI is InChI=1S/C17H23N3O3.C4H4O4/c1-23-15-4-2-3-12(8-15)5-6-19-17(22)20-11-13-7-14(16(20)21)10-18-9-13;5-3(6)1-2-4(7)8/h2-4,8,13-14,18H,5-7,9-11H2,1H3,(H,19,22);1-2H,(H,5,6)(H,7,8)/b;2-1+. The van der Waals surface area contributed by atoms with E-state index in [9.17, 15) is 19.2 Å². The van der Waals surface area contributed by atoms with Crippen LogP contribution in [-0.2, 0) is 20.8 Å². The molecular formula is C21H27N3O7. The van der Waals surface area contributed by atoms with Gasteiger partial charge in [-0.15, -0.1) is 0 Å². The minimum Gasteiger partial charge on any atom is -0.497 e. The van der Waals surface area contributed by atoms with E-state index in [1.165, 1.54) is 4.90 Å². The van der Waals surface area contributed by atoms with Gasteiger partial charge in [0.05, 0.1) is 13.0 Å². The number of amides is 3. The largest absolute Gasteiger partial charge is 0.497 e. The molecular weight excluding hydrogens is 406 g/mol. The van der Waals surface area contributed by atoms with Crippen LogP contribution in [0.4, 0.5) is 4.79 Å². The predicted molar refractivity (Wildman–Crippen MR) is 111 cm³/mol. The maximum atomic E-state index is 12.3. The van der Waals surface area contributed by atoms with Crippen molar-refractivity contribution in [3.8, 4) is 5.75 Å². The lowest BCUT2D eigenvalue weighted by atomic mass is 9.85. The fourth-order valence-electron chi connectivity index (χ4n) is 3.49. The van der Waals surface area contributed by atoms with Gasteiger partial charge < -0.3 is 25.6 Å². The van der Waals surface area contributed by atoms with Crippen LogP contribution in [0.5, 0.6) is 5.75 Å². The van der Waals surface area contributed by atoms with Crippen LogP contribution in [0.25, 0.3) is 0 Å². The first-order valence-electron chi connectivity index (χ1n) is 9.87. The zero-order chi connectivity index (χ0) is 22.8. The summed E-state index contributed by atoms with van der Waals surface area (Å²) >= 11 is 0. The second-order valence-electron chi connectivity index (χ2n) is 7.25. The summed E-state index contributed by atoms with van der Waals surface area (Å²) < 4.78 is 5.19. The summed E-state index contributed by atoms with van der Waals surface area (Å²) in [5.41, 5.74) is 1.09. The van der Waals surface area contributed by atoms with Gasteiger partial charge in [0.15, 0.2) is 0 Å². The van der Waals surface area contributed by atoms with E-state index < -0.39 is 11.9 Å². The van der Waals surface area contributed by atoms with E-state index in [1.807, 2.05) is 24.3 Å². The normalized spacial score (nSPS) is 19.9. The number of carbonyl (C=O) groups excluding carboxylic acids is 2. The molecule has 3 amide bonds. The molecule has 3 rings (SSSR count). The lowest BCUT2D eigenvalue weighted by Crippen LogP contribution is -2.58. The molecule has 1 aromatic carbocycles. The highest BCUT2D eigenvalue weighted by molar-refractivity contribution is 5.96. The number of aliphatic carboxylic acids is 2. The van der Waals surface area contributed by atoms with Crippen molar-refractivity contribution in [2.24, 2.45) is 11.8 Å². The highest BCUT2D eigenvalue weighted by Crippen LogP contribution is 2.25. The summed E-state index contributed by atoms with van der Waals surface area (Å²) in [7, 11) is 1.63. The molecule has 2 saturated heterocycles. The number of carbonyl (C=O) groups is 4. The molecule has 31 heavy (non-hydrogen) atoms. The summed E-state index contributed by atoms with van der Waals surface area (Å²) in [6.07, 6.45) is 2.73. The zero-order valence-corrected chi connectivity index (χ0v) is 17.2. The third kappa shape index (κ3) is 7.74. The molecule has 2 aliphatic heterocycles. The number of urea groups is 1. The third-order valence-corrected chi connectivity index (χ3v) is 4.94. The SMILES string of the molecule is COc1cccc(CCNC(=O)N2CC3CNCC(C3)C2=O)c1.O=C(O)/C=C/C(=O)O. The van der Waals surface area contributed by atoms with E-state index in [2.05, 4.69) is 10.6 Å². The highest BCUT2D eigenvalue weighted by Gasteiger charge is 2.39. The number of carboxylic acids is 2. The van der Waals surface area contributed by atoms with E-state index in [1.54, 1.807) is 7.11 Å². The number of carboxylic acid groups (broad SMARTS) is 2. The lowest BCUT2D eigenvalue weighted by Gasteiger charge is -2.39. The smallest absolute Gasteiger partial charge is 0.328 e. The van der Waals surface area contributed by atoms with Crippen LogP contribution >= 0.6 is 0 Å². The maximum absolute atomic E-state index is 12.3. The van der Waals surface area contributed by atoms with Crippen molar-refractivity contribution < 1.29 is 34.1 Å².